The van der Waals surface area contributed by atoms with Crippen LogP contribution in [-0.2, 0) is 4.74 Å². The number of hydrogen-bond acceptors (Lipinski definition) is 4. The second-order valence-corrected chi connectivity index (χ2v) is 4.03. The van der Waals surface area contributed by atoms with Crippen molar-refractivity contribution in [3.05, 3.63) is 14.5 Å². The molecule has 1 aromatic heterocycles. The van der Waals surface area contributed by atoms with Gasteiger partial charge in [-0.05, 0) is 22.6 Å². The van der Waals surface area contributed by atoms with E-state index in [1.54, 1.807) is 7.11 Å². The molecule has 84 valence electrons. The molecule has 0 radical (unpaired) electrons. The zero-order valence-corrected chi connectivity index (χ0v) is 10.8. The number of hydrogen-bond donors (Lipinski definition) is 1. The summed E-state index contributed by atoms with van der Waals surface area (Å²) >= 11 is 7.37. The Morgan fingerprint density at radius 1 is 1.53 bits per heavy atom. The molecule has 0 atom stereocenters. The van der Waals surface area contributed by atoms with E-state index in [0.717, 1.165) is 0 Å². The molecule has 0 amide bonds. The summed E-state index contributed by atoms with van der Waals surface area (Å²) in [5.74, 6) is -0.503. The zero-order valence-electron chi connectivity index (χ0n) is 7.89. The molecule has 0 fully saturated rings. The Hall–Kier alpha value is -0.340. The lowest BCUT2D eigenvalue weighted by atomic mass is 10.4. The van der Waals surface area contributed by atoms with Gasteiger partial charge in [0.05, 0.1) is 12.3 Å². The Bertz CT molecular complexity index is 365. The number of nitrogens with zero attached hydrogens (tertiary/aromatic N) is 1. The lowest BCUT2D eigenvalue weighted by Crippen LogP contribution is -2.09. The fourth-order valence-corrected chi connectivity index (χ4v) is 1.52. The van der Waals surface area contributed by atoms with E-state index in [1.165, 1.54) is 0 Å². The minimum Gasteiger partial charge on any atom is -0.474 e. The van der Waals surface area contributed by atoms with Gasteiger partial charge in [0.15, 0.2) is 11.0 Å². The summed E-state index contributed by atoms with van der Waals surface area (Å²) in [6.45, 7) is 0.716. The highest BCUT2D eigenvalue weighted by atomic mass is 127. The van der Waals surface area contributed by atoms with Crippen LogP contribution in [0.5, 0.6) is 5.88 Å². The minimum absolute atomic E-state index is 0.0528. The zero-order chi connectivity index (χ0) is 11.4. The predicted octanol–water partition coefficient (Wildman–Crippen LogP) is 2.09. The maximum Gasteiger partial charge on any atom is 0.230 e. The fraction of sp³-hybridized carbons (Fsp3) is 0.375. The van der Waals surface area contributed by atoms with Crippen LogP contribution < -0.4 is 10.5 Å². The molecule has 15 heavy (non-hydrogen) atoms. The second kappa shape index (κ2) is 5.66. The van der Waals surface area contributed by atoms with Crippen LogP contribution in [0, 0.1) is 9.39 Å². The first-order chi connectivity index (χ1) is 7.07. The van der Waals surface area contributed by atoms with Crippen LogP contribution in [0.25, 0.3) is 0 Å². The molecule has 1 heterocycles. The summed E-state index contributed by atoms with van der Waals surface area (Å²) in [6.07, 6.45) is 0. The van der Waals surface area contributed by atoms with Crippen molar-refractivity contribution >= 4 is 39.9 Å². The highest BCUT2D eigenvalue weighted by molar-refractivity contribution is 14.1. The van der Waals surface area contributed by atoms with Gasteiger partial charge in [0.25, 0.3) is 0 Å². The van der Waals surface area contributed by atoms with Crippen molar-refractivity contribution < 1.29 is 13.9 Å². The molecule has 0 unspecified atom stereocenters. The Morgan fingerprint density at radius 2 is 2.20 bits per heavy atom. The maximum absolute atomic E-state index is 13.2. The van der Waals surface area contributed by atoms with E-state index in [4.69, 9.17) is 26.8 Å². The Morgan fingerprint density at radius 3 is 2.80 bits per heavy atom. The van der Waals surface area contributed by atoms with Gasteiger partial charge in [-0.3, -0.25) is 0 Å². The van der Waals surface area contributed by atoms with Crippen molar-refractivity contribution in [2.75, 3.05) is 26.1 Å². The van der Waals surface area contributed by atoms with Gasteiger partial charge in [0, 0.05) is 7.11 Å². The van der Waals surface area contributed by atoms with Crippen LogP contribution in [0.3, 0.4) is 0 Å². The van der Waals surface area contributed by atoms with Gasteiger partial charge in [-0.15, -0.1) is 0 Å². The third-order valence-corrected chi connectivity index (χ3v) is 2.86. The van der Waals surface area contributed by atoms with Crippen LogP contribution in [-0.4, -0.2) is 25.3 Å². The first-order valence-electron chi connectivity index (χ1n) is 3.99. The van der Waals surface area contributed by atoms with E-state index >= 15 is 0 Å². The molecule has 1 rings (SSSR count). The third-order valence-electron chi connectivity index (χ3n) is 1.57. The number of halogens is 3. The van der Waals surface area contributed by atoms with Crippen LogP contribution in [0.2, 0.25) is 5.15 Å². The summed E-state index contributed by atoms with van der Waals surface area (Å²) < 4.78 is 23.6. The number of rotatable bonds is 4. The molecule has 0 spiro atoms. The Balaban J connectivity index is 2.89. The molecule has 2 N–H and O–H groups in total. The van der Waals surface area contributed by atoms with Crippen LogP contribution in [0.15, 0.2) is 0 Å². The van der Waals surface area contributed by atoms with Gasteiger partial charge in [-0.1, -0.05) is 11.6 Å². The molecule has 7 heteroatoms. The van der Waals surface area contributed by atoms with E-state index < -0.39 is 5.82 Å². The normalized spacial score (nSPS) is 10.4. The molecule has 0 aromatic carbocycles. The molecular formula is C8H9ClFIN2O2. The molecule has 0 saturated heterocycles. The lowest BCUT2D eigenvalue weighted by Gasteiger charge is -2.09. The average Bonchev–Trinajstić information content (AvgIpc) is 2.23. The standard InChI is InChI=1S/C8H9ClFIN2O2/c1-14-2-3-15-8-5(11)6(12)4(10)7(9)13-8/h2-3H2,1H3,(H2,12,13). The molecule has 0 saturated carbocycles. The molecule has 4 nitrogen and oxygen atoms in total. The van der Waals surface area contributed by atoms with Crippen molar-refractivity contribution in [3.63, 3.8) is 0 Å². The number of aromatic nitrogens is 1. The average molecular weight is 347 g/mol. The summed E-state index contributed by atoms with van der Waals surface area (Å²) in [5.41, 5.74) is 5.42. The summed E-state index contributed by atoms with van der Waals surface area (Å²) in [7, 11) is 1.55. The van der Waals surface area contributed by atoms with Crippen LogP contribution in [0.4, 0.5) is 10.1 Å². The van der Waals surface area contributed by atoms with Gasteiger partial charge in [-0.25, -0.2) is 4.39 Å². The predicted molar refractivity (Wildman–Crippen MR) is 63.7 cm³/mol. The molecule has 0 bridgehead atoms. The van der Waals surface area contributed by atoms with E-state index in [2.05, 4.69) is 4.98 Å². The number of ether oxygens (including phenoxy) is 2. The topological polar surface area (TPSA) is 57.4 Å². The van der Waals surface area contributed by atoms with Crippen molar-refractivity contribution in [1.29, 1.82) is 0 Å². The summed E-state index contributed by atoms with van der Waals surface area (Å²) in [4.78, 5) is 3.73. The van der Waals surface area contributed by atoms with Gasteiger partial charge in [0.1, 0.15) is 10.2 Å². The third kappa shape index (κ3) is 3.05. The molecule has 0 aliphatic heterocycles. The first-order valence-corrected chi connectivity index (χ1v) is 5.45. The van der Waals surface area contributed by atoms with E-state index in [9.17, 15) is 4.39 Å². The van der Waals surface area contributed by atoms with Crippen molar-refractivity contribution in [1.82, 2.24) is 4.98 Å². The van der Waals surface area contributed by atoms with Crippen LogP contribution >= 0.6 is 34.2 Å². The smallest absolute Gasteiger partial charge is 0.230 e. The van der Waals surface area contributed by atoms with Crippen molar-refractivity contribution in [3.8, 4) is 5.88 Å². The number of anilines is 1. The summed E-state index contributed by atoms with van der Waals surface area (Å²) in [6, 6.07) is 0. The largest absolute Gasteiger partial charge is 0.474 e. The van der Waals surface area contributed by atoms with Crippen molar-refractivity contribution in [2.24, 2.45) is 0 Å². The fourth-order valence-electron chi connectivity index (χ4n) is 0.827. The highest BCUT2D eigenvalue weighted by Gasteiger charge is 2.15. The molecule has 0 aliphatic carbocycles. The lowest BCUT2D eigenvalue weighted by molar-refractivity contribution is 0.143. The molecule has 0 aliphatic rings. The van der Waals surface area contributed by atoms with E-state index in [0.29, 0.717) is 16.8 Å². The van der Waals surface area contributed by atoms with Gasteiger partial charge >= 0.3 is 0 Å². The molecule has 1 aromatic rings. The highest BCUT2D eigenvalue weighted by Crippen LogP contribution is 2.30. The minimum atomic E-state index is -0.722. The molecular weight excluding hydrogens is 337 g/mol. The van der Waals surface area contributed by atoms with E-state index in [-0.39, 0.29) is 16.7 Å². The monoisotopic (exact) mass is 346 g/mol. The second-order valence-electron chi connectivity index (χ2n) is 2.59. The quantitative estimate of drug-likeness (QED) is 0.515. The van der Waals surface area contributed by atoms with E-state index in [1.807, 2.05) is 22.6 Å². The Kier molecular flexibility index (Phi) is 4.81. The number of methoxy groups -OCH3 is 1. The van der Waals surface area contributed by atoms with Gasteiger partial charge in [-0.2, -0.15) is 4.98 Å². The summed E-state index contributed by atoms with van der Waals surface area (Å²) in [5, 5.41) is -0.291. The van der Waals surface area contributed by atoms with Crippen molar-refractivity contribution in [2.45, 2.75) is 0 Å². The first kappa shape index (κ1) is 12.7. The van der Waals surface area contributed by atoms with Gasteiger partial charge < -0.3 is 15.2 Å². The van der Waals surface area contributed by atoms with Crippen LogP contribution in [0.1, 0.15) is 0 Å². The number of nitrogens with two attached hydrogens (primary N) is 1. The maximum atomic E-state index is 13.2. The SMILES string of the molecule is COCCOc1nc(Cl)c(F)c(N)c1I. The van der Waals surface area contributed by atoms with Gasteiger partial charge in [0.2, 0.25) is 5.88 Å². The Labute approximate surface area is 105 Å². The number of nitrogen functional groups attached to an aromatic ring is 1. The number of pyridine rings is 1.